The van der Waals surface area contributed by atoms with Gasteiger partial charge in [-0.2, -0.15) is 5.10 Å². The molecule has 0 spiro atoms. The van der Waals surface area contributed by atoms with Crippen LogP contribution in [0, 0.1) is 13.8 Å². The first-order valence-electron chi connectivity index (χ1n) is 3.71. The molecule has 1 N–H and O–H groups in total. The van der Waals surface area contributed by atoms with Gasteiger partial charge in [0, 0.05) is 13.1 Å². The molecular weight excluding hydrogens is 154 g/mol. The third-order valence-corrected chi connectivity index (χ3v) is 1.65. The number of aryl methyl sites for hydroxylation is 2. The Kier molecular flexibility index (Phi) is 1.46. The third-order valence-electron chi connectivity index (χ3n) is 1.65. The Bertz CT molecular complexity index is 375. The number of nitrogens with zero attached hydrogens (tertiary/aromatic N) is 2. The number of H-pyrrole nitrogens is 1. The highest BCUT2D eigenvalue weighted by atomic mass is 16.4. The highest BCUT2D eigenvalue weighted by Crippen LogP contribution is 2.21. The monoisotopic (exact) mass is 163 g/mol. The van der Waals surface area contributed by atoms with Crippen molar-refractivity contribution in [1.29, 1.82) is 0 Å². The molecule has 62 valence electrons. The van der Waals surface area contributed by atoms with E-state index in [1.165, 1.54) is 0 Å². The van der Waals surface area contributed by atoms with Gasteiger partial charge in [0.2, 0.25) is 0 Å². The number of aromatic nitrogens is 3. The summed E-state index contributed by atoms with van der Waals surface area (Å²) in [4.78, 5) is 4.15. The van der Waals surface area contributed by atoms with Crippen molar-refractivity contribution in [3.63, 3.8) is 0 Å². The zero-order valence-electron chi connectivity index (χ0n) is 6.96. The van der Waals surface area contributed by atoms with Crippen LogP contribution in [0.15, 0.2) is 16.7 Å². The van der Waals surface area contributed by atoms with Crippen LogP contribution in [0.2, 0.25) is 0 Å². The number of rotatable bonds is 1. The predicted molar refractivity (Wildman–Crippen MR) is 43.6 cm³/mol. The van der Waals surface area contributed by atoms with E-state index in [9.17, 15) is 0 Å². The highest BCUT2D eigenvalue weighted by molar-refractivity contribution is 5.53. The molecule has 0 saturated heterocycles. The molecule has 0 radical (unpaired) electrons. The lowest BCUT2D eigenvalue weighted by molar-refractivity contribution is 0.532. The van der Waals surface area contributed by atoms with Gasteiger partial charge in [-0.05, 0) is 13.0 Å². The molecule has 0 aliphatic heterocycles. The van der Waals surface area contributed by atoms with Crippen molar-refractivity contribution in [2.24, 2.45) is 0 Å². The van der Waals surface area contributed by atoms with E-state index < -0.39 is 0 Å². The lowest BCUT2D eigenvalue weighted by atomic mass is 10.3. The Balaban J connectivity index is 2.54. The fourth-order valence-electron chi connectivity index (χ4n) is 1.16. The second-order valence-electron chi connectivity index (χ2n) is 2.62. The van der Waals surface area contributed by atoms with Crippen LogP contribution < -0.4 is 0 Å². The van der Waals surface area contributed by atoms with Crippen LogP contribution in [-0.4, -0.2) is 15.2 Å². The maximum Gasteiger partial charge on any atom is 0.192 e. The second-order valence-corrected chi connectivity index (χ2v) is 2.62. The number of hydrogen-bond donors (Lipinski definition) is 1. The maximum atomic E-state index is 5.38. The first-order valence-corrected chi connectivity index (χ1v) is 3.71. The molecule has 4 heteroatoms. The van der Waals surface area contributed by atoms with E-state index in [0.717, 1.165) is 17.1 Å². The molecule has 0 aromatic carbocycles. The summed E-state index contributed by atoms with van der Waals surface area (Å²) < 4.78 is 5.38. The van der Waals surface area contributed by atoms with Crippen molar-refractivity contribution in [3.05, 3.63) is 23.8 Å². The van der Waals surface area contributed by atoms with Gasteiger partial charge in [-0.3, -0.25) is 5.10 Å². The van der Waals surface area contributed by atoms with Crippen LogP contribution in [0.4, 0.5) is 0 Å². The third kappa shape index (κ3) is 1.01. The van der Waals surface area contributed by atoms with Gasteiger partial charge < -0.3 is 4.42 Å². The van der Waals surface area contributed by atoms with Crippen molar-refractivity contribution >= 4 is 0 Å². The zero-order valence-corrected chi connectivity index (χ0v) is 6.96. The molecule has 0 fully saturated rings. The molecule has 4 nitrogen and oxygen atoms in total. The molecule has 0 atom stereocenters. The van der Waals surface area contributed by atoms with Gasteiger partial charge in [-0.15, -0.1) is 0 Å². The molecule has 2 heterocycles. The zero-order chi connectivity index (χ0) is 8.55. The summed E-state index contributed by atoms with van der Waals surface area (Å²) in [5, 5.41) is 6.66. The lowest BCUT2D eigenvalue weighted by Gasteiger charge is -1.89. The number of oxazole rings is 1. The van der Waals surface area contributed by atoms with Gasteiger partial charge in [-0.25, -0.2) is 4.98 Å². The van der Waals surface area contributed by atoms with E-state index in [1.807, 2.05) is 19.9 Å². The molecule has 0 aliphatic rings. The fraction of sp³-hybridized carbons (Fsp3) is 0.250. The van der Waals surface area contributed by atoms with Crippen LogP contribution in [0.3, 0.4) is 0 Å². The first kappa shape index (κ1) is 7.09. The summed E-state index contributed by atoms with van der Waals surface area (Å²) in [5.74, 6) is 1.45. The minimum absolute atomic E-state index is 0.678. The summed E-state index contributed by atoms with van der Waals surface area (Å²) in [6.07, 6.45) is 1.69. The van der Waals surface area contributed by atoms with Crippen molar-refractivity contribution in [3.8, 4) is 11.5 Å². The molecule has 0 unspecified atom stereocenters. The second kappa shape index (κ2) is 2.48. The number of aromatic amines is 1. The normalized spacial score (nSPS) is 10.5. The van der Waals surface area contributed by atoms with Crippen molar-refractivity contribution in [2.45, 2.75) is 13.8 Å². The van der Waals surface area contributed by atoms with E-state index in [1.54, 1.807) is 6.20 Å². The Morgan fingerprint density at radius 1 is 1.42 bits per heavy atom. The molecule has 0 aliphatic carbocycles. The van der Waals surface area contributed by atoms with Gasteiger partial charge in [0.05, 0.1) is 5.69 Å². The van der Waals surface area contributed by atoms with Gasteiger partial charge in [0.15, 0.2) is 11.7 Å². The quantitative estimate of drug-likeness (QED) is 0.695. The highest BCUT2D eigenvalue weighted by Gasteiger charge is 2.09. The lowest BCUT2D eigenvalue weighted by Crippen LogP contribution is -1.78. The maximum absolute atomic E-state index is 5.38. The Morgan fingerprint density at radius 3 is 2.75 bits per heavy atom. The molecule has 0 bridgehead atoms. The minimum Gasteiger partial charge on any atom is -0.439 e. The van der Waals surface area contributed by atoms with Gasteiger partial charge >= 0.3 is 0 Å². The SMILES string of the molecule is Cc1nc(C)c(-c2ccn[nH]2)o1. The molecule has 0 saturated carbocycles. The Labute approximate surface area is 69.6 Å². The van der Waals surface area contributed by atoms with Crippen molar-refractivity contribution < 1.29 is 4.42 Å². The van der Waals surface area contributed by atoms with Crippen LogP contribution in [0.5, 0.6) is 0 Å². The minimum atomic E-state index is 0.678. The van der Waals surface area contributed by atoms with Gasteiger partial charge in [0.25, 0.3) is 0 Å². The summed E-state index contributed by atoms with van der Waals surface area (Å²) in [6, 6.07) is 1.85. The predicted octanol–water partition coefficient (Wildman–Crippen LogP) is 1.68. The fourth-order valence-corrected chi connectivity index (χ4v) is 1.16. The van der Waals surface area contributed by atoms with E-state index >= 15 is 0 Å². The summed E-state index contributed by atoms with van der Waals surface area (Å²) in [5.41, 5.74) is 1.75. The van der Waals surface area contributed by atoms with E-state index in [2.05, 4.69) is 15.2 Å². The van der Waals surface area contributed by atoms with E-state index in [0.29, 0.717) is 5.89 Å². The van der Waals surface area contributed by atoms with Crippen LogP contribution >= 0.6 is 0 Å². The molecule has 12 heavy (non-hydrogen) atoms. The van der Waals surface area contributed by atoms with Crippen molar-refractivity contribution in [1.82, 2.24) is 15.2 Å². The summed E-state index contributed by atoms with van der Waals surface area (Å²) >= 11 is 0. The molecular formula is C8H9N3O. The van der Waals surface area contributed by atoms with Gasteiger partial charge in [0.1, 0.15) is 5.69 Å². The van der Waals surface area contributed by atoms with Crippen molar-refractivity contribution in [2.75, 3.05) is 0 Å². The number of nitrogens with one attached hydrogen (secondary N) is 1. The van der Waals surface area contributed by atoms with Crippen LogP contribution in [0.25, 0.3) is 11.5 Å². The topological polar surface area (TPSA) is 54.7 Å². The smallest absolute Gasteiger partial charge is 0.192 e. The Morgan fingerprint density at radius 2 is 2.25 bits per heavy atom. The Hall–Kier alpha value is -1.58. The molecule has 2 aromatic rings. The molecule has 2 aromatic heterocycles. The molecule has 0 amide bonds. The number of hydrogen-bond acceptors (Lipinski definition) is 3. The van der Waals surface area contributed by atoms with Crippen LogP contribution in [-0.2, 0) is 0 Å². The molecule has 2 rings (SSSR count). The summed E-state index contributed by atoms with van der Waals surface area (Å²) in [6.45, 7) is 3.74. The van der Waals surface area contributed by atoms with Crippen LogP contribution in [0.1, 0.15) is 11.6 Å². The van der Waals surface area contributed by atoms with E-state index in [-0.39, 0.29) is 0 Å². The van der Waals surface area contributed by atoms with Gasteiger partial charge in [-0.1, -0.05) is 0 Å². The average molecular weight is 163 g/mol. The van der Waals surface area contributed by atoms with E-state index in [4.69, 9.17) is 4.42 Å². The first-order chi connectivity index (χ1) is 5.77. The standard InChI is InChI=1S/C8H9N3O/c1-5-8(12-6(2)10-5)7-3-4-9-11-7/h3-4H,1-2H3,(H,9,11). The largest absolute Gasteiger partial charge is 0.439 e. The summed E-state index contributed by atoms with van der Waals surface area (Å²) in [7, 11) is 0. The average Bonchev–Trinajstić information content (AvgIpc) is 2.58.